The highest BCUT2D eigenvalue weighted by molar-refractivity contribution is 6.07. The van der Waals surface area contributed by atoms with Crippen molar-refractivity contribution in [3.8, 4) is 0 Å². The van der Waals surface area contributed by atoms with E-state index in [1.54, 1.807) is 18.3 Å². The molecule has 0 N–H and O–H groups in total. The summed E-state index contributed by atoms with van der Waals surface area (Å²) in [6, 6.07) is 7.19. The Hall–Kier alpha value is -1.97. The summed E-state index contributed by atoms with van der Waals surface area (Å²) in [4.78, 5) is 4.00. The third-order valence-corrected chi connectivity index (χ3v) is 2.96. The van der Waals surface area contributed by atoms with Crippen LogP contribution in [0.5, 0.6) is 0 Å². The number of alkyl halides is 2. The summed E-state index contributed by atoms with van der Waals surface area (Å²) in [5.41, 5.74) is 2.05. The number of rotatable bonds is 1. The molecule has 2 nitrogen and oxygen atoms in total. The molecule has 0 aliphatic heterocycles. The van der Waals surface area contributed by atoms with Crippen molar-refractivity contribution in [1.29, 1.82) is 0 Å². The lowest BCUT2D eigenvalue weighted by molar-refractivity contribution is 0.0796. The van der Waals surface area contributed by atoms with E-state index in [0.717, 1.165) is 20.9 Å². The van der Waals surface area contributed by atoms with Crippen LogP contribution < -0.4 is 0 Å². The van der Waals surface area contributed by atoms with Crippen LogP contribution in [-0.4, -0.2) is 9.55 Å². The molecule has 0 aliphatic carbocycles. The Labute approximate surface area is 96.5 Å². The number of aryl methyl sites for hydroxylation is 1. The van der Waals surface area contributed by atoms with Gasteiger partial charge in [0.05, 0.1) is 11.0 Å². The number of hydrogen-bond acceptors (Lipinski definition) is 1. The summed E-state index contributed by atoms with van der Waals surface area (Å²) < 4.78 is 27.3. The number of aromatic nitrogens is 2. The highest BCUT2D eigenvalue weighted by atomic mass is 19.3. The van der Waals surface area contributed by atoms with Crippen molar-refractivity contribution in [1.82, 2.24) is 9.55 Å². The minimum atomic E-state index is -2.54. The highest BCUT2D eigenvalue weighted by Crippen LogP contribution is 2.32. The van der Waals surface area contributed by atoms with Gasteiger partial charge in [-0.3, -0.25) is 9.55 Å². The molecule has 3 aromatic rings. The van der Waals surface area contributed by atoms with Gasteiger partial charge in [-0.05, 0) is 24.6 Å². The van der Waals surface area contributed by atoms with E-state index in [2.05, 4.69) is 4.98 Å². The van der Waals surface area contributed by atoms with E-state index < -0.39 is 6.55 Å². The van der Waals surface area contributed by atoms with Crippen LogP contribution in [-0.2, 0) is 0 Å². The lowest BCUT2D eigenvalue weighted by Gasteiger charge is -2.05. The predicted octanol–water partition coefficient (Wildman–Crippen LogP) is 3.89. The van der Waals surface area contributed by atoms with Crippen molar-refractivity contribution < 1.29 is 8.78 Å². The van der Waals surface area contributed by atoms with Crippen LogP contribution in [0.1, 0.15) is 12.1 Å². The van der Waals surface area contributed by atoms with Gasteiger partial charge in [0.25, 0.3) is 0 Å². The van der Waals surface area contributed by atoms with E-state index >= 15 is 0 Å². The second-order valence-electron chi connectivity index (χ2n) is 4.06. The van der Waals surface area contributed by atoms with E-state index in [9.17, 15) is 8.78 Å². The van der Waals surface area contributed by atoms with Crippen molar-refractivity contribution in [3.05, 3.63) is 42.2 Å². The van der Waals surface area contributed by atoms with Crippen molar-refractivity contribution in [2.45, 2.75) is 13.5 Å². The first kappa shape index (κ1) is 10.2. The van der Waals surface area contributed by atoms with Gasteiger partial charge in [0, 0.05) is 23.2 Å². The molecule has 0 unspecified atom stereocenters. The van der Waals surface area contributed by atoms with Gasteiger partial charge in [-0.25, -0.2) is 0 Å². The predicted molar refractivity (Wildman–Crippen MR) is 63.2 cm³/mol. The maximum atomic E-state index is 13.1. The molecule has 2 aromatic heterocycles. The third kappa shape index (κ3) is 1.40. The normalized spacial score (nSPS) is 11.8. The zero-order valence-corrected chi connectivity index (χ0v) is 9.19. The first-order valence-electron chi connectivity index (χ1n) is 5.31. The minimum Gasteiger partial charge on any atom is -0.284 e. The fraction of sp³-hybridized carbons (Fsp3) is 0.154. The van der Waals surface area contributed by atoms with Crippen LogP contribution in [0.3, 0.4) is 0 Å². The van der Waals surface area contributed by atoms with Crippen molar-refractivity contribution in [3.63, 3.8) is 0 Å². The summed E-state index contributed by atoms with van der Waals surface area (Å²) >= 11 is 0. The molecule has 0 amide bonds. The lowest BCUT2D eigenvalue weighted by atomic mass is 10.1. The van der Waals surface area contributed by atoms with Gasteiger partial charge >= 0.3 is 6.55 Å². The maximum absolute atomic E-state index is 13.1. The Morgan fingerprint density at radius 2 is 1.94 bits per heavy atom. The van der Waals surface area contributed by atoms with Gasteiger partial charge in [0.15, 0.2) is 0 Å². The van der Waals surface area contributed by atoms with Crippen molar-refractivity contribution in [2.75, 3.05) is 0 Å². The Bertz CT molecular complexity index is 701. The molecular weight excluding hydrogens is 222 g/mol. The molecule has 4 heteroatoms. The molecule has 17 heavy (non-hydrogen) atoms. The minimum absolute atomic E-state index is 0.524. The first-order chi connectivity index (χ1) is 8.18. The average molecular weight is 232 g/mol. The van der Waals surface area contributed by atoms with Gasteiger partial charge in [0.1, 0.15) is 0 Å². The van der Waals surface area contributed by atoms with E-state index in [4.69, 9.17) is 0 Å². The number of nitrogens with zero attached hydrogens (tertiary/aromatic N) is 2. The van der Waals surface area contributed by atoms with Crippen LogP contribution in [0.2, 0.25) is 0 Å². The van der Waals surface area contributed by atoms with Gasteiger partial charge in [-0.15, -0.1) is 0 Å². The molecule has 0 bridgehead atoms. The first-order valence-corrected chi connectivity index (χ1v) is 5.31. The van der Waals surface area contributed by atoms with Crippen molar-refractivity contribution >= 4 is 21.8 Å². The average Bonchev–Trinajstić information content (AvgIpc) is 2.62. The van der Waals surface area contributed by atoms with Crippen LogP contribution in [0.25, 0.3) is 21.8 Å². The molecule has 0 radical (unpaired) electrons. The molecule has 0 aliphatic rings. The second-order valence-corrected chi connectivity index (χ2v) is 4.06. The number of halogens is 2. The Morgan fingerprint density at radius 1 is 1.12 bits per heavy atom. The summed E-state index contributed by atoms with van der Waals surface area (Å²) in [7, 11) is 0. The quantitative estimate of drug-likeness (QED) is 0.622. The Morgan fingerprint density at radius 3 is 2.71 bits per heavy atom. The highest BCUT2D eigenvalue weighted by Gasteiger charge is 2.16. The zero-order chi connectivity index (χ0) is 12.0. The molecule has 0 saturated heterocycles. The zero-order valence-electron chi connectivity index (χ0n) is 9.19. The Balaban J connectivity index is 2.57. The lowest BCUT2D eigenvalue weighted by Crippen LogP contribution is -1.97. The summed E-state index contributed by atoms with van der Waals surface area (Å²) in [6.45, 7) is -0.648. The largest absolute Gasteiger partial charge is 0.319 e. The fourth-order valence-corrected chi connectivity index (χ4v) is 2.21. The van der Waals surface area contributed by atoms with Crippen LogP contribution in [0, 0.1) is 6.92 Å². The molecule has 0 spiro atoms. The van der Waals surface area contributed by atoms with Gasteiger partial charge in [0.2, 0.25) is 0 Å². The standard InChI is InChI=1S/C13H10F2N2/c1-8-2-3-9-10-7-16-5-4-11(10)17(13(14)15)12(9)6-8/h2-7,13H,1H3. The third-order valence-electron chi connectivity index (χ3n) is 2.96. The van der Waals surface area contributed by atoms with Gasteiger partial charge < -0.3 is 0 Å². The molecule has 2 heterocycles. The summed E-state index contributed by atoms with van der Waals surface area (Å²) in [5.74, 6) is 0. The van der Waals surface area contributed by atoms with Crippen LogP contribution in [0.4, 0.5) is 8.78 Å². The molecule has 86 valence electrons. The van der Waals surface area contributed by atoms with Gasteiger partial charge in [-0.2, -0.15) is 8.78 Å². The van der Waals surface area contributed by atoms with E-state index in [0.29, 0.717) is 11.0 Å². The number of benzene rings is 1. The Kier molecular flexibility index (Phi) is 2.11. The molecule has 0 saturated carbocycles. The molecular formula is C13H10F2N2. The van der Waals surface area contributed by atoms with E-state index in [1.807, 2.05) is 19.1 Å². The molecule has 3 rings (SSSR count). The molecule has 1 aromatic carbocycles. The molecule has 0 atom stereocenters. The SMILES string of the molecule is Cc1ccc2c3cnccc3n(C(F)F)c2c1. The van der Waals surface area contributed by atoms with Gasteiger partial charge in [-0.1, -0.05) is 12.1 Å². The monoisotopic (exact) mass is 232 g/mol. The van der Waals surface area contributed by atoms with Crippen LogP contribution >= 0.6 is 0 Å². The van der Waals surface area contributed by atoms with Crippen molar-refractivity contribution in [2.24, 2.45) is 0 Å². The number of pyridine rings is 1. The number of fused-ring (bicyclic) bond motifs is 3. The topological polar surface area (TPSA) is 17.8 Å². The second kappa shape index (κ2) is 3.52. The van der Waals surface area contributed by atoms with E-state index in [1.165, 1.54) is 6.20 Å². The smallest absolute Gasteiger partial charge is 0.284 e. The molecule has 0 fully saturated rings. The summed E-state index contributed by atoms with van der Waals surface area (Å²) in [6.07, 6.45) is 3.17. The maximum Gasteiger partial charge on any atom is 0.319 e. The number of hydrogen-bond donors (Lipinski definition) is 0. The fourth-order valence-electron chi connectivity index (χ4n) is 2.21. The summed E-state index contributed by atoms with van der Waals surface area (Å²) in [5, 5.41) is 1.59. The van der Waals surface area contributed by atoms with E-state index in [-0.39, 0.29) is 0 Å². The van der Waals surface area contributed by atoms with Crippen LogP contribution in [0.15, 0.2) is 36.7 Å².